The van der Waals surface area contributed by atoms with Gasteiger partial charge in [0.15, 0.2) is 6.61 Å². The van der Waals surface area contributed by atoms with Gasteiger partial charge in [0.05, 0.1) is 5.56 Å². The highest BCUT2D eigenvalue weighted by molar-refractivity contribution is 6.30. The minimum absolute atomic E-state index is 0.132. The second kappa shape index (κ2) is 7.58. The van der Waals surface area contributed by atoms with Crippen molar-refractivity contribution in [3.63, 3.8) is 0 Å². The molecule has 2 N–H and O–H groups in total. The van der Waals surface area contributed by atoms with Crippen molar-refractivity contribution in [1.29, 1.82) is 0 Å². The first-order valence-corrected chi connectivity index (χ1v) is 6.40. The minimum atomic E-state index is -1.02. The molecule has 0 aliphatic rings. The number of carbonyl (C=O) groups is 3. The Morgan fingerprint density at radius 2 is 2.00 bits per heavy atom. The predicted octanol–water partition coefficient (Wildman–Crippen LogP) is 1.87. The zero-order valence-electron chi connectivity index (χ0n) is 11.4. The van der Waals surface area contributed by atoms with E-state index in [1.54, 1.807) is 13.8 Å². The number of rotatable bonds is 4. The molecule has 3 amide bonds. The fourth-order valence-corrected chi connectivity index (χ4v) is 1.48. The van der Waals surface area contributed by atoms with E-state index in [9.17, 15) is 18.8 Å². The molecule has 0 aliphatic carbocycles. The van der Waals surface area contributed by atoms with E-state index in [2.05, 4.69) is 10.1 Å². The van der Waals surface area contributed by atoms with Gasteiger partial charge in [-0.3, -0.25) is 10.1 Å². The molecule has 0 radical (unpaired) electrons. The smallest absolute Gasteiger partial charge is 0.341 e. The average molecular weight is 317 g/mol. The van der Waals surface area contributed by atoms with Gasteiger partial charge in [-0.15, -0.1) is 0 Å². The van der Waals surface area contributed by atoms with Crippen LogP contribution in [0.1, 0.15) is 24.2 Å². The Bertz CT molecular complexity index is 563. The van der Waals surface area contributed by atoms with E-state index >= 15 is 0 Å². The maximum absolute atomic E-state index is 13.4. The van der Waals surface area contributed by atoms with Crippen LogP contribution in [0.5, 0.6) is 0 Å². The maximum atomic E-state index is 13.4. The lowest BCUT2D eigenvalue weighted by Crippen LogP contribution is -2.44. The maximum Gasteiger partial charge on any atom is 0.341 e. The van der Waals surface area contributed by atoms with Gasteiger partial charge in [-0.2, -0.15) is 0 Å². The number of hydrogen-bond donors (Lipinski definition) is 2. The van der Waals surface area contributed by atoms with Crippen molar-refractivity contribution >= 4 is 29.5 Å². The summed E-state index contributed by atoms with van der Waals surface area (Å²) in [4.78, 5) is 34.1. The van der Waals surface area contributed by atoms with Crippen LogP contribution in [0.3, 0.4) is 0 Å². The molecule has 8 heteroatoms. The van der Waals surface area contributed by atoms with Crippen LogP contribution in [0.15, 0.2) is 18.2 Å². The summed E-state index contributed by atoms with van der Waals surface area (Å²) >= 11 is 5.55. The van der Waals surface area contributed by atoms with Crippen molar-refractivity contribution < 1.29 is 23.5 Å². The number of urea groups is 1. The van der Waals surface area contributed by atoms with E-state index in [1.165, 1.54) is 6.07 Å². The van der Waals surface area contributed by atoms with Crippen LogP contribution in [0.2, 0.25) is 5.02 Å². The molecule has 114 valence electrons. The zero-order chi connectivity index (χ0) is 16.0. The standard InChI is InChI=1S/C13H14ClFN2O4/c1-7(2)16-13(20)17-11(18)6-21-12(19)9-4-3-8(14)5-10(9)15/h3-5,7H,6H2,1-2H3,(H2,16,17,18,20). The predicted molar refractivity (Wildman–Crippen MR) is 73.5 cm³/mol. The molecule has 0 fully saturated rings. The molecule has 0 spiro atoms. The lowest BCUT2D eigenvalue weighted by atomic mass is 10.2. The number of hydrogen-bond acceptors (Lipinski definition) is 4. The first-order chi connectivity index (χ1) is 9.79. The van der Waals surface area contributed by atoms with E-state index in [4.69, 9.17) is 11.6 Å². The van der Waals surface area contributed by atoms with Crippen molar-refractivity contribution in [2.75, 3.05) is 6.61 Å². The van der Waals surface area contributed by atoms with Gasteiger partial charge in [0.25, 0.3) is 5.91 Å². The first-order valence-electron chi connectivity index (χ1n) is 6.02. The third-order valence-corrected chi connectivity index (χ3v) is 2.39. The number of halogens is 2. The largest absolute Gasteiger partial charge is 0.452 e. The van der Waals surface area contributed by atoms with E-state index in [-0.39, 0.29) is 16.6 Å². The van der Waals surface area contributed by atoms with Gasteiger partial charge in [0, 0.05) is 11.1 Å². The van der Waals surface area contributed by atoms with Crippen LogP contribution in [-0.4, -0.2) is 30.6 Å². The topological polar surface area (TPSA) is 84.5 Å². The first kappa shape index (κ1) is 16.9. The summed E-state index contributed by atoms with van der Waals surface area (Å²) in [7, 11) is 0. The van der Waals surface area contributed by atoms with Crippen molar-refractivity contribution in [1.82, 2.24) is 10.6 Å². The fourth-order valence-electron chi connectivity index (χ4n) is 1.32. The summed E-state index contributed by atoms with van der Waals surface area (Å²) < 4.78 is 18.0. The van der Waals surface area contributed by atoms with Gasteiger partial charge in [-0.05, 0) is 32.0 Å². The molecule has 0 aliphatic heterocycles. The number of amides is 3. The highest BCUT2D eigenvalue weighted by atomic mass is 35.5. The Morgan fingerprint density at radius 1 is 1.33 bits per heavy atom. The Balaban J connectivity index is 2.49. The molecule has 1 aromatic carbocycles. The average Bonchev–Trinajstić information content (AvgIpc) is 2.34. The molecule has 0 bridgehead atoms. The summed E-state index contributed by atoms with van der Waals surface area (Å²) in [6, 6.07) is 2.56. The van der Waals surface area contributed by atoms with Crippen LogP contribution in [0.4, 0.5) is 9.18 Å². The van der Waals surface area contributed by atoms with Gasteiger partial charge in [-0.1, -0.05) is 11.6 Å². The fraction of sp³-hybridized carbons (Fsp3) is 0.308. The Hall–Kier alpha value is -2.15. The van der Waals surface area contributed by atoms with Crippen LogP contribution < -0.4 is 10.6 Å². The van der Waals surface area contributed by atoms with E-state index in [1.807, 2.05) is 5.32 Å². The SMILES string of the molecule is CC(C)NC(=O)NC(=O)COC(=O)c1ccc(Cl)cc1F. The number of benzene rings is 1. The third-order valence-electron chi connectivity index (χ3n) is 2.16. The lowest BCUT2D eigenvalue weighted by molar-refractivity contribution is -0.123. The highest BCUT2D eigenvalue weighted by Crippen LogP contribution is 2.15. The summed E-state index contributed by atoms with van der Waals surface area (Å²) in [6.45, 7) is 2.73. The van der Waals surface area contributed by atoms with Crippen LogP contribution in [0.25, 0.3) is 0 Å². The number of ether oxygens (including phenoxy) is 1. The van der Waals surface area contributed by atoms with Crippen molar-refractivity contribution in [3.05, 3.63) is 34.6 Å². The minimum Gasteiger partial charge on any atom is -0.452 e. The summed E-state index contributed by atoms with van der Waals surface area (Å²) in [5.41, 5.74) is -0.348. The Morgan fingerprint density at radius 3 is 2.57 bits per heavy atom. The Kier molecular flexibility index (Phi) is 6.10. The van der Waals surface area contributed by atoms with Crippen LogP contribution >= 0.6 is 11.6 Å². The molecule has 1 aromatic rings. The molecule has 0 unspecified atom stereocenters. The molecule has 0 atom stereocenters. The number of imide groups is 1. The third kappa shape index (κ3) is 5.78. The van der Waals surface area contributed by atoms with E-state index in [0.717, 1.165) is 12.1 Å². The molecular formula is C13H14ClFN2O4. The van der Waals surface area contributed by atoms with Gasteiger partial charge < -0.3 is 10.1 Å². The van der Waals surface area contributed by atoms with Crippen molar-refractivity contribution in [2.24, 2.45) is 0 Å². The molecule has 21 heavy (non-hydrogen) atoms. The molecule has 0 aromatic heterocycles. The van der Waals surface area contributed by atoms with E-state index < -0.39 is 30.3 Å². The van der Waals surface area contributed by atoms with Gasteiger partial charge >= 0.3 is 12.0 Å². The molecule has 6 nitrogen and oxygen atoms in total. The Labute approximate surface area is 125 Å². The monoisotopic (exact) mass is 316 g/mol. The lowest BCUT2D eigenvalue weighted by Gasteiger charge is -2.09. The van der Waals surface area contributed by atoms with Gasteiger partial charge in [0.2, 0.25) is 0 Å². The molecular weight excluding hydrogens is 303 g/mol. The van der Waals surface area contributed by atoms with E-state index in [0.29, 0.717) is 0 Å². The molecule has 0 saturated carbocycles. The van der Waals surface area contributed by atoms with Crippen molar-refractivity contribution in [2.45, 2.75) is 19.9 Å². The quantitative estimate of drug-likeness (QED) is 0.831. The number of nitrogens with one attached hydrogen (secondary N) is 2. The summed E-state index contributed by atoms with van der Waals surface area (Å²) in [5.74, 6) is -2.70. The second-order valence-corrected chi connectivity index (χ2v) is 4.81. The molecule has 1 rings (SSSR count). The molecule has 0 heterocycles. The van der Waals surface area contributed by atoms with Crippen LogP contribution in [0, 0.1) is 5.82 Å². The summed E-state index contributed by atoms with van der Waals surface area (Å²) in [6.07, 6.45) is 0. The normalized spacial score (nSPS) is 10.1. The highest BCUT2D eigenvalue weighted by Gasteiger charge is 2.16. The van der Waals surface area contributed by atoms with Gasteiger partial charge in [-0.25, -0.2) is 14.0 Å². The molecule has 0 saturated heterocycles. The van der Waals surface area contributed by atoms with Crippen molar-refractivity contribution in [3.8, 4) is 0 Å². The van der Waals surface area contributed by atoms with Gasteiger partial charge in [0.1, 0.15) is 5.82 Å². The second-order valence-electron chi connectivity index (χ2n) is 4.38. The number of carbonyl (C=O) groups excluding carboxylic acids is 3. The zero-order valence-corrected chi connectivity index (χ0v) is 12.2. The van der Waals surface area contributed by atoms with Crippen LogP contribution in [-0.2, 0) is 9.53 Å². The number of esters is 1. The summed E-state index contributed by atoms with van der Waals surface area (Å²) in [5, 5.41) is 4.51.